The van der Waals surface area contributed by atoms with E-state index in [1.54, 1.807) is 15.4 Å². The highest BCUT2D eigenvalue weighted by molar-refractivity contribution is 5.40. The Bertz CT molecular complexity index is 1050. The van der Waals surface area contributed by atoms with E-state index in [4.69, 9.17) is 0 Å². The largest absolute Gasteiger partial charge is 0.341 e. The number of hydrogen-bond donors (Lipinski definition) is 0. The number of piperidine rings is 1. The van der Waals surface area contributed by atoms with E-state index in [9.17, 15) is 4.39 Å². The molecule has 0 saturated carbocycles. The Morgan fingerprint density at radius 2 is 1.85 bits per heavy atom. The van der Waals surface area contributed by atoms with E-state index >= 15 is 0 Å². The van der Waals surface area contributed by atoms with Gasteiger partial charge in [0.1, 0.15) is 0 Å². The number of anilines is 1. The van der Waals surface area contributed by atoms with E-state index in [-0.39, 0.29) is 5.92 Å². The van der Waals surface area contributed by atoms with Crippen molar-refractivity contribution >= 4 is 11.6 Å². The lowest BCUT2D eigenvalue weighted by Gasteiger charge is -2.30. The third-order valence-electron chi connectivity index (χ3n) is 4.76. The summed E-state index contributed by atoms with van der Waals surface area (Å²) in [5.41, 5.74) is 0.713. The fourth-order valence-corrected chi connectivity index (χ4v) is 3.38. The van der Waals surface area contributed by atoms with Gasteiger partial charge >= 0.3 is 0 Å². The molecule has 10 heteroatoms. The highest BCUT2D eigenvalue weighted by Crippen LogP contribution is 2.28. The highest BCUT2D eigenvalue weighted by atomic mass is 19.1. The van der Waals surface area contributed by atoms with Gasteiger partial charge in [-0.05, 0) is 31.0 Å². The Morgan fingerprint density at radius 1 is 1.04 bits per heavy atom. The molecule has 4 aromatic rings. The normalized spacial score (nSPS) is 15.5. The average Bonchev–Trinajstić information content (AvgIpc) is 3.38. The molecule has 9 nitrogen and oxygen atoms in total. The highest BCUT2D eigenvalue weighted by Gasteiger charge is 2.26. The molecule has 0 bridgehead atoms. The van der Waals surface area contributed by atoms with Crippen LogP contribution in [0.5, 0.6) is 0 Å². The van der Waals surface area contributed by atoms with Crippen LogP contribution in [0.4, 0.5) is 10.3 Å². The van der Waals surface area contributed by atoms with Crippen molar-refractivity contribution in [1.29, 1.82) is 0 Å². The Balaban J connectivity index is 1.38. The summed E-state index contributed by atoms with van der Waals surface area (Å²) in [6.45, 7) is 1.54. The molecule has 0 amide bonds. The predicted molar refractivity (Wildman–Crippen MR) is 94.1 cm³/mol. The minimum atomic E-state index is -0.428. The lowest BCUT2D eigenvalue weighted by atomic mass is 9.96. The summed E-state index contributed by atoms with van der Waals surface area (Å²) < 4.78 is 16.5. The molecule has 0 aliphatic carbocycles. The first-order valence-corrected chi connectivity index (χ1v) is 8.73. The smallest absolute Gasteiger partial charge is 0.225 e. The predicted octanol–water partition coefficient (Wildman–Crippen LogP) is 1.62. The summed E-state index contributed by atoms with van der Waals surface area (Å²) in [5.74, 6) is 1.92. The summed E-state index contributed by atoms with van der Waals surface area (Å²) in [5, 5.41) is 17.5. The molecule has 0 spiro atoms. The van der Waals surface area contributed by atoms with Crippen LogP contribution in [-0.2, 0) is 0 Å². The summed E-state index contributed by atoms with van der Waals surface area (Å²) in [6, 6.07) is 5.61. The second-order valence-electron chi connectivity index (χ2n) is 6.43. The van der Waals surface area contributed by atoms with E-state index in [2.05, 4.69) is 35.3 Å². The van der Waals surface area contributed by atoms with Crippen molar-refractivity contribution in [1.82, 2.24) is 39.6 Å². The monoisotopic (exact) mass is 365 g/mol. The van der Waals surface area contributed by atoms with Crippen molar-refractivity contribution in [3.05, 3.63) is 54.6 Å². The second kappa shape index (κ2) is 6.38. The molecular weight excluding hydrogens is 349 g/mol. The third kappa shape index (κ3) is 2.88. The quantitative estimate of drug-likeness (QED) is 0.545. The first kappa shape index (κ1) is 15.8. The van der Waals surface area contributed by atoms with Crippen LogP contribution in [0.1, 0.15) is 24.6 Å². The van der Waals surface area contributed by atoms with Gasteiger partial charge < -0.3 is 4.90 Å². The molecule has 0 aromatic carbocycles. The molecule has 1 fully saturated rings. The van der Waals surface area contributed by atoms with Crippen LogP contribution >= 0.6 is 0 Å². The molecule has 4 aromatic heterocycles. The van der Waals surface area contributed by atoms with Crippen LogP contribution in [0.15, 0.2) is 43.0 Å². The molecule has 1 aliphatic heterocycles. The molecule has 1 aliphatic rings. The molecule has 0 radical (unpaired) electrons. The summed E-state index contributed by atoms with van der Waals surface area (Å²) in [4.78, 5) is 10.2. The average molecular weight is 365 g/mol. The van der Waals surface area contributed by atoms with E-state index in [1.165, 1.54) is 12.4 Å². The van der Waals surface area contributed by atoms with E-state index in [1.807, 2.05) is 24.4 Å². The molecule has 5 rings (SSSR count). The molecule has 0 N–H and O–H groups in total. The van der Waals surface area contributed by atoms with Crippen molar-refractivity contribution in [3.8, 4) is 5.82 Å². The lowest BCUT2D eigenvalue weighted by Crippen LogP contribution is -2.34. The van der Waals surface area contributed by atoms with Gasteiger partial charge in [-0.3, -0.25) is 0 Å². The number of halogens is 1. The van der Waals surface area contributed by atoms with Gasteiger partial charge in [0.25, 0.3) is 0 Å². The Labute approximate surface area is 153 Å². The van der Waals surface area contributed by atoms with Gasteiger partial charge in [-0.2, -0.15) is 9.61 Å². The maximum atomic E-state index is 13.0. The Kier molecular flexibility index (Phi) is 3.73. The second-order valence-corrected chi connectivity index (χ2v) is 6.43. The molecule has 5 heterocycles. The van der Waals surface area contributed by atoms with Gasteiger partial charge in [0.2, 0.25) is 5.95 Å². The van der Waals surface area contributed by atoms with E-state index in [0.29, 0.717) is 17.4 Å². The zero-order valence-electron chi connectivity index (χ0n) is 14.4. The number of fused-ring (bicyclic) bond motifs is 1. The van der Waals surface area contributed by atoms with Crippen LogP contribution in [0.25, 0.3) is 11.5 Å². The first-order chi connectivity index (χ1) is 13.3. The van der Waals surface area contributed by atoms with E-state index < -0.39 is 5.82 Å². The third-order valence-corrected chi connectivity index (χ3v) is 4.76. The van der Waals surface area contributed by atoms with Crippen molar-refractivity contribution in [2.45, 2.75) is 18.8 Å². The number of aromatic nitrogens is 8. The minimum Gasteiger partial charge on any atom is -0.341 e. The van der Waals surface area contributed by atoms with Crippen molar-refractivity contribution in [2.24, 2.45) is 0 Å². The zero-order chi connectivity index (χ0) is 18.2. The summed E-state index contributed by atoms with van der Waals surface area (Å²) in [7, 11) is 0. The first-order valence-electron chi connectivity index (χ1n) is 8.73. The molecule has 136 valence electrons. The molecule has 1 saturated heterocycles. The Hall–Kier alpha value is -3.43. The lowest BCUT2D eigenvalue weighted by molar-refractivity contribution is 0.471. The SMILES string of the molecule is Fc1cnc(N2CCC(c3nnc4ccc(-n5cccn5)nn34)CC2)nc1. The van der Waals surface area contributed by atoms with Gasteiger partial charge in [-0.25, -0.2) is 19.0 Å². The standard InChI is InChI=1S/C17H16FN9/c18-13-10-19-17(20-11-13)25-8-4-12(5-9-25)16-23-22-14-2-3-15(24-27(14)16)26-7-1-6-21-26/h1-3,6-7,10-12H,4-5,8-9H2. The van der Waals surface area contributed by atoms with Gasteiger partial charge in [-0.1, -0.05) is 0 Å². The number of rotatable bonds is 3. The number of nitrogens with zero attached hydrogens (tertiary/aromatic N) is 9. The molecular formula is C17H16FN9. The van der Waals surface area contributed by atoms with Gasteiger partial charge in [0.05, 0.1) is 12.4 Å². The minimum absolute atomic E-state index is 0.233. The van der Waals surface area contributed by atoms with Crippen LogP contribution in [0.3, 0.4) is 0 Å². The Morgan fingerprint density at radius 3 is 2.59 bits per heavy atom. The topological polar surface area (TPSA) is 89.9 Å². The van der Waals surface area contributed by atoms with E-state index in [0.717, 1.165) is 31.8 Å². The van der Waals surface area contributed by atoms with Crippen molar-refractivity contribution < 1.29 is 4.39 Å². The molecule has 0 atom stereocenters. The maximum absolute atomic E-state index is 13.0. The van der Waals surface area contributed by atoms with Gasteiger partial charge in [0.15, 0.2) is 23.1 Å². The fraction of sp³-hybridized carbons (Fsp3) is 0.294. The molecule has 0 unspecified atom stereocenters. The van der Waals surface area contributed by atoms with Crippen LogP contribution in [-0.4, -0.2) is 52.6 Å². The summed E-state index contributed by atoms with van der Waals surface area (Å²) >= 11 is 0. The number of hydrogen-bond acceptors (Lipinski definition) is 7. The zero-order valence-corrected chi connectivity index (χ0v) is 14.4. The van der Waals surface area contributed by atoms with Gasteiger partial charge in [-0.15, -0.1) is 15.3 Å². The van der Waals surface area contributed by atoms with Crippen molar-refractivity contribution in [3.63, 3.8) is 0 Å². The molecule has 27 heavy (non-hydrogen) atoms. The summed E-state index contributed by atoms with van der Waals surface area (Å²) in [6.07, 6.45) is 7.69. The fourth-order valence-electron chi connectivity index (χ4n) is 3.38. The van der Waals surface area contributed by atoms with Crippen molar-refractivity contribution in [2.75, 3.05) is 18.0 Å². The van der Waals surface area contributed by atoms with Crippen LogP contribution in [0, 0.1) is 5.82 Å². The van der Waals surface area contributed by atoms with Crippen LogP contribution in [0.2, 0.25) is 0 Å². The van der Waals surface area contributed by atoms with Gasteiger partial charge in [0, 0.05) is 31.4 Å². The van der Waals surface area contributed by atoms with Crippen LogP contribution < -0.4 is 4.90 Å². The maximum Gasteiger partial charge on any atom is 0.225 e.